The maximum Gasteiger partial charge on any atom is 0.0994 e. The van der Waals surface area contributed by atoms with Gasteiger partial charge in [0.2, 0.25) is 0 Å². The summed E-state index contributed by atoms with van der Waals surface area (Å²) in [5.41, 5.74) is 2.08. The molecule has 66 valence electrons. The van der Waals surface area contributed by atoms with E-state index in [4.69, 9.17) is 10.5 Å². The Kier molecular flexibility index (Phi) is 5.00. The van der Waals surface area contributed by atoms with E-state index in [1.54, 1.807) is 18.2 Å². The quantitative estimate of drug-likeness (QED) is 0.604. The molecule has 0 aliphatic carbocycles. The van der Waals surface area contributed by atoms with Crippen molar-refractivity contribution >= 4 is 0 Å². The lowest BCUT2D eigenvalue weighted by Crippen LogP contribution is -1.82. The first-order chi connectivity index (χ1) is 6.27. The first kappa shape index (κ1) is 11.2. The van der Waals surface area contributed by atoms with Gasteiger partial charge in [-0.3, -0.25) is 0 Å². The van der Waals surface area contributed by atoms with Gasteiger partial charge in [0.15, 0.2) is 0 Å². The Morgan fingerprint density at radius 1 is 1.08 bits per heavy atom. The maximum atomic E-state index is 8.55. The topological polar surface area (TPSA) is 47.6 Å². The highest BCUT2D eigenvalue weighted by Gasteiger charge is 1.96. The predicted octanol–water partition coefficient (Wildman–Crippen LogP) is 2.76. The molecule has 0 N–H and O–H groups in total. The van der Waals surface area contributed by atoms with Crippen LogP contribution < -0.4 is 0 Å². The molecule has 0 spiro atoms. The van der Waals surface area contributed by atoms with Crippen LogP contribution in [-0.2, 0) is 0 Å². The van der Waals surface area contributed by atoms with Gasteiger partial charge in [0.05, 0.1) is 23.3 Å². The van der Waals surface area contributed by atoms with Gasteiger partial charge in [0.25, 0.3) is 0 Å². The van der Waals surface area contributed by atoms with Crippen molar-refractivity contribution < 1.29 is 0 Å². The molecule has 0 saturated carbocycles. The Bertz CT molecular complexity index is 353. The molecule has 0 fully saturated rings. The van der Waals surface area contributed by atoms with E-state index in [2.05, 4.69) is 0 Å². The van der Waals surface area contributed by atoms with Gasteiger partial charge in [-0.2, -0.15) is 10.5 Å². The highest BCUT2D eigenvalue weighted by Crippen LogP contribution is 2.08. The van der Waals surface area contributed by atoms with E-state index in [-0.39, 0.29) is 0 Å². The Labute approximate surface area is 79.0 Å². The second kappa shape index (κ2) is 5.80. The van der Waals surface area contributed by atoms with Crippen molar-refractivity contribution in [3.05, 3.63) is 34.9 Å². The lowest BCUT2D eigenvalue weighted by molar-refractivity contribution is 1.37. The summed E-state index contributed by atoms with van der Waals surface area (Å²) in [7, 11) is 0. The fourth-order valence-electron chi connectivity index (χ4n) is 0.859. The second-order valence-electron chi connectivity index (χ2n) is 2.25. The molecule has 2 nitrogen and oxygen atoms in total. The Balaban J connectivity index is 0.000000671. The lowest BCUT2D eigenvalue weighted by Gasteiger charge is -1.94. The minimum atomic E-state index is 0.599. The summed E-state index contributed by atoms with van der Waals surface area (Å²) in [5, 5.41) is 17.0. The molecule has 0 aromatic heterocycles. The molecule has 13 heavy (non-hydrogen) atoms. The average molecular weight is 172 g/mol. The molecular formula is C11H12N2. The van der Waals surface area contributed by atoms with E-state index in [0.717, 1.165) is 5.56 Å². The van der Waals surface area contributed by atoms with Gasteiger partial charge in [-0.1, -0.05) is 13.8 Å². The average Bonchev–Trinajstić information content (AvgIpc) is 2.20. The summed E-state index contributed by atoms with van der Waals surface area (Å²) in [6, 6.07) is 9.06. The van der Waals surface area contributed by atoms with Crippen molar-refractivity contribution in [3.63, 3.8) is 0 Å². The molecule has 0 unspecified atom stereocenters. The number of nitrogens with zero attached hydrogens (tertiary/aromatic N) is 2. The van der Waals surface area contributed by atoms with Crippen LogP contribution in [0.3, 0.4) is 0 Å². The van der Waals surface area contributed by atoms with E-state index >= 15 is 0 Å². The molecule has 0 bridgehead atoms. The number of aryl methyl sites for hydroxylation is 1. The summed E-state index contributed by atoms with van der Waals surface area (Å²) < 4.78 is 0. The second-order valence-corrected chi connectivity index (χ2v) is 2.25. The van der Waals surface area contributed by atoms with Gasteiger partial charge >= 0.3 is 0 Å². The van der Waals surface area contributed by atoms with Crippen LogP contribution in [-0.4, -0.2) is 0 Å². The van der Waals surface area contributed by atoms with Crippen LogP contribution >= 0.6 is 0 Å². The van der Waals surface area contributed by atoms with E-state index < -0.39 is 0 Å². The minimum Gasteiger partial charge on any atom is -0.192 e. The molecule has 0 aliphatic rings. The highest BCUT2D eigenvalue weighted by atomic mass is 14.3. The summed E-state index contributed by atoms with van der Waals surface area (Å²) in [6.45, 7) is 5.82. The van der Waals surface area contributed by atoms with E-state index in [1.165, 1.54) is 0 Å². The lowest BCUT2D eigenvalue weighted by atomic mass is 10.1. The summed E-state index contributed by atoms with van der Waals surface area (Å²) in [5.74, 6) is 0. The molecule has 1 aromatic rings. The first-order valence-electron chi connectivity index (χ1n) is 4.19. The van der Waals surface area contributed by atoms with Crippen LogP contribution in [0.1, 0.15) is 30.5 Å². The van der Waals surface area contributed by atoms with Gasteiger partial charge in [0.1, 0.15) is 0 Å². The molecule has 0 saturated heterocycles. The molecule has 1 aromatic carbocycles. The van der Waals surface area contributed by atoms with Crippen LogP contribution in [0.2, 0.25) is 0 Å². The van der Waals surface area contributed by atoms with Gasteiger partial charge < -0.3 is 0 Å². The SMILES string of the molecule is CC.Cc1cc(C#N)ccc1C#N. The Morgan fingerprint density at radius 2 is 1.69 bits per heavy atom. The minimum absolute atomic E-state index is 0.599. The predicted molar refractivity (Wildman–Crippen MR) is 52.0 cm³/mol. The summed E-state index contributed by atoms with van der Waals surface area (Å²) in [6.07, 6.45) is 0. The van der Waals surface area contributed by atoms with Crippen LogP contribution in [0.4, 0.5) is 0 Å². The van der Waals surface area contributed by atoms with E-state index in [0.29, 0.717) is 11.1 Å². The third-order valence-electron chi connectivity index (χ3n) is 1.48. The summed E-state index contributed by atoms with van der Waals surface area (Å²) in [4.78, 5) is 0. The van der Waals surface area contributed by atoms with Crippen molar-refractivity contribution in [2.45, 2.75) is 20.8 Å². The fourth-order valence-corrected chi connectivity index (χ4v) is 0.859. The van der Waals surface area contributed by atoms with Crippen molar-refractivity contribution in [1.29, 1.82) is 10.5 Å². The number of nitriles is 2. The Morgan fingerprint density at radius 3 is 2.08 bits per heavy atom. The van der Waals surface area contributed by atoms with Crippen LogP contribution in [0.25, 0.3) is 0 Å². The standard InChI is InChI=1S/C9H6N2.C2H6/c1-7-4-8(5-10)2-3-9(7)6-11;1-2/h2-4H,1H3;1-2H3. The molecule has 0 aliphatic heterocycles. The Hall–Kier alpha value is -1.80. The first-order valence-corrected chi connectivity index (χ1v) is 4.19. The fraction of sp³-hybridized carbons (Fsp3) is 0.273. The molecule has 2 heteroatoms. The molecular weight excluding hydrogens is 160 g/mol. The van der Waals surface area contributed by atoms with Crippen LogP contribution in [0.5, 0.6) is 0 Å². The van der Waals surface area contributed by atoms with Crippen LogP contribution in [0.15, 0.2) is 18.2 Å². The molecule has 0 radical (unpaired) electrons. The number of hydrogen-bond donors (Lipinski definition) is 0. The zero-order valence-corrected chi connectivity index (χ0v) is 8.13. The van der Waals surface area contributed by atoms with Gasteiger partial charge in [0, 0.05) is 0 Å². The van der Waals surface area contributed by atoms with Crippen molar-refractivity contribution in [2.24, 2.45) is 0 Å². The number of hydrogen-bond acceptors (Lipinski definition) is 2. The van der Waals surface area contributed by atoms with Crippen molar-refractivity contribution in [3.8, 4) is 12.1 Å². The largest absolute Gasteiger partial charge is 0.192 e. The van der Waals surface area contributed by atoms with Crippen molar-refractivity contribution in [1.82, 2.24) is 0 Å². The third-order valence-corrected chi connectivity index (χ3v) is 1.48. The molecule has 0 heterocycles. The van der Waals surface area contributed by atoms with E-state index in [1.807, 2.05) is 32.9 Å². The maximum absolute atomic E-state index is 8.55. The normalized spacial score (nSPS) is 7.46. The zero-order valence-electron chi connectivity index (χ0n) is 8.13. The molecule has 0 atom stereocenters. The van der Waals surface area contributed by atoms with Gasteiger partial charge in [-0.05, 0) is 30.7 Å². The monoisotopic (exact) mass is 172 g/mol. The summed E-state index contributed by atoms with van der Waals surface area (Å²) >= 11 is 0. The van der Waals surface area contributed by atoms with Gasteiger partial charge in [-0.25, -0.2) is 0 Å². The third kappa shape index (κ3) is 2.97. The number of rotatable bonds is 0. The van der Waals surface area contributed by atoms with Crippen LogP contribution in [0, 0.1) is 29.6 Å². The molecule has 0 amide bonds. The smallest absolute Gasteiger partial charge is 0.0994 e. The zero-order chi connectivity index (χ0) is 10.3. The van der Waals surface area contributed by atoms with E-state index in [9.17, 15) is 0 Å². The highest BCUT2D eigenvalue weighted by molar-refractivity contribution is 5.43. The molecule has 1 rings (SSSR count). The van der Waals surface area contributed by atoms with Crippen molar-refractivity contribution in [2.75, 3.05) is 0 Å². The number of benzene rings is 1. The van der Waals surface area contributed by atoms with Gasteiger partial charge in [-0.15, -0.1) is 0 Å².